The monoisotopic (exact) mass is 324 g/mol. The number of hydrogen-bond donors (Lipinski definition) is 2. The van der Waals surface area contributed by atoms with Crippen LogP contribution in [0.1, 0.15) is 33.7 Å². The molecule has 0 unspecified atom stereocenters. The molecule has 3 rings (SSSR count). The fraction of sp³-hybridized carbons (Fsp3) is 0.278. The van der Waals surface area contributed by atoms with Gasteiger partial charge >= 0.3 is 0 Å². The first-order valence-corrected chi connectivity index (χ1v) is 8.00. The van der Waals surface area contributed by atoms with E-state index in [9.17, 15) is 9.59 Å². The van der Waals surface area contributed by atoms with Gasteiger partial charge in [0.15, 0.2) is 0 Å². The van der Waals surface area contributed by atoms with Gasteiger partial charge < -0.3 is 16.0 Å². The number of nitrogens with one attached hydrogen (secondary N) is 1. The molecule has 6 heteroatoms. The van der Waals surface area contributed by atoms with Gasteiger partial charge in [0.1, 0.15) is 5.69 Å². The first-order chi connectivity index (χ1) is 11.6. The van der Waals surface area contributed by atoms with E-state index < -0.39 is 5.91 Å². The van der Waals surface area contributed by atoms with Crippen molar-refractivity contribution in [3.8, 4) is 0 Å². The number of hydrogen-bond acceptors (Lipinski definition) is 4. The summed E-state index contributed by atoms with van der Waals surface area (Å²) < 4.78 is 0. The molecule has 0 aliphatic carbocycles. The second-order valence-corrected chi connectivity index (χ2v) is 5.86. The summed E-state index contributed by atoms with van der Waals surface area (Å²) in [4.78, 5) is 29.6. The molecule has 124 valence electrons. The lowest BCUT2D eigenvalue weighted by Gasteiger charge is -2.34. The first-order valence-electron chi connectivity index (χ1n) is 8.00. The van der Waals surface area contributed by atoms with Crippen molar-refractivity contribution in [3.05, 3.63) is 59.9 Å². The number of carbonyl (C=O) groups is 2. The first kappa shape index (κ1) is 16.0. The molecule has 0 saturated carbocycles. The van der Waals surface area contributed by atoms with Crippen molar-refractivity contribution in [2.75, 3.05) is 18.0 Å². The van der Waals surface area contributed by atoms with Crippen LogP contribution in [0.4, 0.5) is 5.69 Å². The number of anilines is 1. The van der Waals surface area contributed by atoms with Crippen molar-refractivity contribution < 1.29 is 9.59 Å². The molecule has 24 heavy (non-hydrogen) atoms. The third-order valence-electron chi connectivity index (χ3n) is 4.23. The van der Waals surface area contributed by atoms with Gasteiger partial charge in [0.05, 0.1) is 0 Å². The Morgan fingerprint density at radius 1 is 1.12 bits per heavy atom. The van der Waals surface area contributed by atoms with Crippen LogP contribution in [-0.4, -0.2) is 35.9 Å². The van der Waals surface area contributed by atoms with Crippen molar-refractivity contribution in [2.45, 2.75) is 18.9 Å². The highest BCUT2D eigenvalue weighted by atomic mass is 16.2. The molecule has 0 bridgehead atoms. The van der Waals surface area contributed by atoms with Crippen LogP contribution in [0.2, 0.25) is 0 Å². The summed E-state index contributed by atoms with van der Waals surface area (Å²) in [6.07, 6.45) is 3.30. The van der Waals surface area contributed by atoms with Crippen LogP contribution in [0.5, 0.6) is 0 Å². The number of pyridine rings is 1. The van der Waals surface area contributed by atoms with E-state index >= 15 is 0 Å². The smallest absolute Gasteiger partial charge is 0.267 e. The van der Waals surface area contributed by atoms with Crippen LogP contribution in [0.15, 0.2) is 48.7 Å². The molecule has 2 aromatic rings. The Morgan fingerprint density at radius 2 is 1.83 bits per heavy atom. The minimum atomic E-state index is -0.526. The van der Waals surface area contributed by atoms with Crippen molar-refractivity contribution in [1.82, 2.24) is 10.3 Å². The summed E-state index contributed by atoms with van der Waals surface area (Å²) in [5.41, 5.74) is 7.16. The largest absolute Gasteiger partial charge is 0.371 e. The predicted molar refractivity (Wildman–Crippen MR) is 91.9 cm³/mol. The van der Waals surface area contributed by atoms with Gasteiger partial charge in [-0.1, -0.05) is 18.2 Å². The van der Waals surface area contributed by atoms with E-state index in [2.05, 4.69) is 15.2 Å². The van der Waals surface area contributed by atoms with E-state index in [1.807, 2.05) is 36.4 Å². The summed E-state index contributed by atoms with van der Waals surface area (Å²) in [5.74, 6) is -0.559. The molecule has 1 aliphatic heterocycles. The summed E-state index contributed by atoms with van der Waals surface area (Å²) in [5, 5.41) is 3.08. The average Bonchev–Trinajstić information content (AvgIpc) is 2.63. The number of rotatable bonds is 4. The van der Waals surface area contributed by atoms with Gasteiger partial charge in [0.2, 0.25) is 0 Å². The van der Waals surface area contributed by atoms with Crippen molar-refractivity contribution >= 4 is 17.5 Å². The highest BCUT2D eigenvalue weighted by Gasteiger charge is 2.21. The number of nitrogens with zero attached hydrogens (tertiary/aromatic N) is 2. The lowest BCUT2D eigenvalue weighted by Crippen LogP contribution is -2.44. The Balaban J connectivity index is 1.57. The molecule has 0 atom stereocenters. The Bertz CT molecular complexity index is 725. The summed E-state index contributed by atoms with van der Waals surface area (Å²) >= 11 is 0. The number of aromatic nitrogens is 1. The molecule has 1 aliphatic rings. The summed E-state index contributed by atoms with van der Waals surface area (Å²) in [6.45, 7) is 1.61. The van der Waals surface area contributed by atoms with E-state index in [1.165, 1.54) is 0 Å². The molecular formula is C18H20N4O2. The molecule has 2 amide bonds. The third kappa shape index (κ3) is 3.71. The number of nitrogens with two attached hydrogens (primary N) is 1. The van der Waals surface area contributed by atoms with Crippen LogP contribution in [0.3, 0.4) is 0 Å². The number of amides is 2. The number of primary amides is 1. The van der Waals surface area contributed by atoms with Gasteiger partial charge in [-0.05, 0) is 37.1 Å². The number of piperidine rings is 1. The van der Waals surface area contributed by atoms with Gasteiger partial charge in [0, 0.05) is 36.6 Å². The maximum Gasteiger partial charge on any atom is 0.267 e. The normalized spacial score (nSPS) is 15.1. The van der Waals surface area contributed by atoms with Crippen LogP contribution >= 0.6 is 0 Å². The van der Waals surface area contributed by atoms with Crippen LogP contribution in [-0.2, 0) is 0 Å². The van der Waals surface area contributed by atoms with Gasteiger partial charge in [-0.15, -0.1) is 0 Å². The Labute approximate surface area is 140 Å². The number of carbonyl (C=O) groups excluding carboxylic acids is 2. The van der Waals surface area contributed by atoms with E-state index in [0.29, 0.717) is 5.56 Å². The predicted octanol–water partition coefficient (Wildman–Crippen LogP) is 1.58. The highest BCUT2D eigenvalue weighted by Crippen LogP contribution is 2.20. The number of benzene rings is 1. The topological polar surface area (TPSA) is 88.3 Å². The molecule has 0 spiro atoms. The van der Waals surface area contributed by atoms with Gasteiger partial charge in [0.25, 0.3) is 11.8 Å². The fourth-order valence-corrected chi connectivity index (χ4v) is 2.89. The molecule has 3 N–H and O–H groups in total. The standard InChI is InChI=1S/C18H20N4O2/c19-17(23)16-12-15(6-9-20-16)22-10-7-14(8-11-22)21-18(24)13-4-2-1-3-5-13/h1-6,9,12,14H,7-8,10-11H2,(H2,19,23)(H,21,24). The lowest BCUT2D eigenvalue weighted by atomic mass is 10.0. The zero-order chi connectivity index (χ0) is 16.9. The molecule has 1 aromatic carbocycles. The quantitative estimate of drug-likeness (QED) is 0.894. The fourth-order valence-electron chi connectivity index (χ4n) is 2.89. The zero-order valence-corrected chi connectivity index (χ0v) is 13.3. The average molecular weight is 324 g/mol. The van der Waals surface area contributed by atoms with Crippen LogP contribution in [0.25, 0.3) is 0 Å². The van der Waals surface area contributed by atoms with Gasteiger partial charge in [-0.3, -0.25) is 14.6 Å². The van der Waals surface area contributed by atoms with Gasteiger partial charge in [-0.25, -0.2) is 0 Å². The second kappa shape index (κ2) is 7.12. The van der Waals surface area contributed by atoms with Crippen LogP contribution in [0, 0.1) is 0 Å². The van der Waals surface area contributed by atoms with Crippen molar-refractivity contribution in [2.24, 2.45) is 5.73 Å². The molecule has 0 radical (unpaired) electrons. The second-order valence-electron chi connectivity index (χ2n) is 5.86. The molecule has 6 nitrogen and oxygen atoms in total. The van der Waals surface area contributed by atoms with Gasteiger partial charge in [-0.2, -0.15) is 0 Å². The minimum absolute atomic E-state index is 0.0334. The molecular weight excluding hydrogens is 304 g/mol. The highest BCUT2D eigenvalue weighted by molar-refractivity contribution is 5.94. The molecule has 1 aromatic heterocycles. The Hall–Kier alpha value is -2.89. The van der Waals surface area contributed by atoms with Crippen molar-refractivity contribution in [1.29, 1.82) is 0 Å². The van der Waals surface area contributed by atoms with E-state index in [0.717, 1.165) is 31.6 Å². The maximum absolute atomic E-state index is 12.2. The zero-order valence-electron chi connectivity index (χ0n) is 13.3. The van der Waals surface area contributed by atoms with E-state index in [1.54, 1.807) is 12.3 Å². The third-order valence-corrected chi connectivity index (χ3v) is 4.23. The lowest BCUT2D eigenvalue weighted by molar-refractivity contribution is 0.0930. The Morgan fingerprint density at radius 3 is 2.50 bits per heavy atom. The molecule has 2 heterocycles. The molecule has 1 saturated heterocycles. The van der Waals surface area contributed by atoms with E-state index in [-0.39, 0.29) is 17.6 Å². The minimum Gasteiger partial charge on any atom is -0.371 e. The summed E-state index contributed by atoms with van der Waals surface area (Å²) in [7, 11) is 0. The molecule has 1 fully saturated rings. The maximum atomic E-state index is 12.2. The van der Waals surface area contributed by atoms with E-state index in [4.69, 9.17) is 5.73 Å². The summed E-state index contributed by atoms with van der Waals surface area (Å²) in [6, 6.07) is 13.0. The SMILES string of the molecule is NC(=O)c1cc(N2CCC(NC(=O)c3ccccc3)CC2)ccn1. The van der Waals surface area contributed by atoms with Crippen molar-refractivity contribution in [3.63, 3.8) is 0 Å². The Kier molecular flexibility index (Phi) is 4.74. The van der Waals surface area contributed by atoms with Crippen LogP contribution < -0.4 is 16.0 Å².